The topological polar surface area (TPSA) is 81.7 Å². The van der Waals surface area contributed by atoms with Gasteiger partial charge in [0.25, 0.3) is 0 Å². The lowest BCUT2D eigenvalue weighted by molar-refractivity contribution is 0.510. The van der Waals surface area contributed by atoms with Crippen LogP contribution in [-0.2, 0) is 13.0 Å². The summed E-state index contributed by atoms with van der Waals surface area (Å²) in [5.74, 6) is 6.58. The predicted molar refractivity (Wildman–Crippen MR) is 68.4 cm³/mol. The molecule has 0 aliphatic heterocycles. The maximum atomic E-state index is 5.60. The molecule has 18 heavy (non-hydrogen) atoms. The summed E-state index contributed by atoms with van der Waals surface area (Å²) in [7, 11) is 0. The van der Waals surface area contributed by atoms with Gasteiger partial charge in [0.15, 0.2) is 0 Å². The summed E-state index contributed by atoms with van der Waals surface area (Å²) in [6, 6.07) is -0.0780. The van der Waals surface area contributed by atoms with E-state index in [1.165, 1.54) is 0 Å². The van der Waals surface area contributed by atoms with Crippen molar-refractivity contribution in [1.29, 1.82) is 0 Å². The zero-order valence-corrected chi connectivity index (χ0v) is 10.7. The van der Waals surface area contributed by atoms with Crippen molar-refractivity contribution >= 4 is 0 Å². The maximum Gasteiger partial charge on any atom is 0.110 e. The van der Waals surface area contributed by atoms with Gasteiger partial charge in [-0.3, -0.25) is 21.2 Å². The molecule has 0 saturated carbocycles. The number of hydrazine groups is 1. The second-order valence-electron chi connectivity index (χ2n) is 4.14. The third-order valence-electron chi connectivity index (χ3n) is 2.89. The molecule has 3 N–H and O–H groups in total. The molecule has 1 atom stereocenters. The molecule has 0 amide bonds. The molecule has 1 unspecified atom stereocenters. The summed E-state index contributed by atoms with van der Waals surface area (Å²) in [5.41, 5.74) is 4.49. The first-order chi connectivity index (χ1) is 8.74. The Labute approximate surface area is 106 Å². The quantitative estimate of drug-likeness (QED) is 0.601. The average molecular weight is 246 g/mol. The van der Waals surface area contributed by atoms with Crippen LogP contribution in [0.15, 0.2) is 24.8 Å². The average Bonchev–Trinajstić information content (AvgIpc) is 2.84. The SMILES string of the molecule is CCn1ccnc1CC(NN)c1cnc(C)cn1. The number of nitrogens with one attached hydrogen (secondary N) is 1. The molecule has 2 aromatic rings. The van der Waals surface area contributed by atoms with Gasteiger partial charge in [0.05, 0.1) is 23.6 Å². The highest BCUT2D eigenvalue weighted by Gasteiger charge is 2.15. The van der Waals surface area contributed by atoms with Gasteiger partial charge in [-0.1, -0.05) is 0 Å². The van der Waals surface area contributed by atoms with Gasteiger partial charge in [0.2, 0.25) is 0 Å². The van der Waals surface area contributed by atoms with E-state index in [2.05, 4.69) is 31.9 Å². The van der Waals surface area contributed by atoms with Gasteiger partial charge in [-0.15, -0.1) is 0 Å². The van der Waals surface area contributed by atoms with E-state index in [4.69, 9.17) is 5.84 Å². The number of aryl methyl sites for hydroxylation is 2. The molecule has 0 fully saturated rings. The van der Waals surface area contributed by atoms with E-state index in [1.807, 2.05) is 13.1 Å². The monoisotopic (exact) mass is 246 g/mol. The van der Waals surface area contributed by atoms with Crippen molar-refractivity contribution in [2.24, 2.45) is 5.84 Å². The number of hydrogen-bond donors (Lipinski definition) is 2. The molecule has 2 rings (SSSR count). The second kappa shape index (κ2) is 5.70. The Morgan fingerprint density at radius 3 is 2.78 bits per heavy atom. The van der Waals surface area contributed by atoms with Crippen molar-refractivity contribution in [2.45, 2.75) is 32.9 Å². The molecule has 0 bridgehead atoms. The van der Waals surface area contributed by atoms with E-state index in [1.54, 1.807) is 18.6 Å². The molecule has 0 radical (unpaired) electrons. The molecule has 0 saturated heterocycles. The fraction of sp³-hybridized carbons (Fsp3) is 0.417. The van der Waals surface area contributed by atoms with Crippen molar-refractivity contribution in [2.75, 3.05) is 0 Å². The fourth-order valence-electron chi connectivity index (χ4n) is 1.83. The summed E-state index contributed by atoms with van der Waals surface area (Å²) in [4.78, 5) is 12.9. The molecular weight excluding hydrogens is 228 g/mol. The first-order valence-corrected chi connectivity index (χ1v) is 5.99. The van der Waals surface area contributed by atoms with Crippen LogP contribution in [0.4, 0.5) is 0 Å². The van der Waals surface area contributed by atoms with Gasteiger partial charge in [-0.2, -0.15) is 0 Å². The summed E-state index contributed by atoms with van der Waals surface area (Å²) >= 11 is 0. The van der Waals surface area contributed by atoms with Crippen LogP contribution in [-0.4, -0.2) is 19.5 Å². The lowest BCUT2D eigenvalue weighted by atomic mass is 10.1. The van der Waals surface area contributed by atoms with E-state index < -0.39 is 0 Å². The minimum absolute atomic E-state index is 0.0780. The van der Waals surface area contributed by atoms with Crippen molar-refractivity contribution in [3.05, 3.63) is 42.0 Å². The number of nitrogens with zero attached hydrogens (tertiary/aromatic N) is 4. The molecule has 0 spiro atoms. The summed E-state index contributed by atoms with van der Waals surface area (Å²) in [6.45, 7) is 4.89. The number of rotatable bonds is 5. The second-order valence-corrected chi connectivity index (χ2v) is 4.14. The Bertz CT molecular complexity index is 490. The Morgan fingerprint density at radius 2 is 2.17 bits per heavy atom. The summed E-state index contributed by atoms with van der Waals surface area (Å²) in [6.07, 6.45) is 7.94. The van der Waals surface area contributed by atoms with Crippen LogP contribution in [0.1, 0.15) is 30.2 Å². The first kappa shape index (κ1) is 12.7. The summed E-state index contributed by atoms with van der Waals surface area (Å²) in [5, 5.41) is 0. The van der Waals surface area contributed by atoms with Crippen LogP contribution in [0.2, 0.25) is 0 Å². The minimum atomic E-state index is -0.0780. The van der Waals surface area contributed by atoms with Gasteiger partial charge in [0.1, 0.15) is 5.82 Å². The lowest BCUT2D eigenvalue weighted by Gasteiger charge is -2.15. The molecule has 96 valence electrons. The molecular formula is C12H18N6. The van der Waals surface area contributed by atoms with Crippen molar-refractivity contribution in [1.82, 2.24) is 24.9 Å². The molecule has 6 nitrogen and oxygen atoms in total. The van der Waals surface area contributed by atoms with Gasteiger partial charge >= 0.3 is 0 Å². The number of imidazole rings is 1. The largest absolute Gasteiger partial charge is 0.335 e. The standard InChI is InChI=1S/C12H18N6/c1-3-18-5-4-14-12(18)6-10(17-13)11-8-15-9(2)7-16-11/h4-5,7-8,10,17H,3,6,13H2,1-2H3. The highest BCUT2D eigenvalue weighted by Crippen LogP contribution is 2.14. The fourth-order valence-corrected chi connectivity index (χ4v) is 1.83. The van der Waals surface area contributed by atoms with E-state index in [9.17, 15) is 0 Å². The maximum absolute atomic E-state index is 5.60. The van der Waals surface area contributed by atoms with E-state index >= 15 is 0 Å². The Morgan fingerprint density at radius 1 is 1.33 bits per heavy atom. The van der Waals surface area contributed by atoms with Crippen LogP contribution in [0.5, 0.6) is 0 Å². The van der Waals surface area contributed by atoms with E-state index in [-0.39, 0.29) is 6.04 Å². The molecule has 2 heterocycles. The Kier molecular flexibility index (Phi) is 4.01. The molecule has 6 heteroatoms. The highest BCUT2D eigenvalue weighted by atomic mass is 15.2. The third kappa shape index (κ3) is 2.72. The molecule has 0 aliphatic rings. The van der Waals surface area contributed by atoms with Crippen molar-refractivity contribution < 1.29 is 0 Å². The van der Waals surface area contributed by atoms with E-state index in [0.29, 0.717) is 6.42 Å². The minimum Gasteiger partial charge on any atom is -0.335 e. The lowest BCUT2D eigenvalue weighted by Crippen LogP contribution is -2.31. The van der Waals surface area contributed by atoms with E-state index in [0.717, 1.165) is 23.8 Å². The molecule has 0 aliphatic carbocycles. The van der Waals surface area contributed by atoms with Crippen LogP contribution in [0, 0.1) is 6.92 Å². The Balaban J connectivity index is 2.17. The van der Waals surface area contributed by atoms with Gasteiger partial charge < -0.3 is 4.57 Å². The Hall–Kier alpha value is -1.79. The molecule has 2 aromatic heterocycles. The van der Waals surface area contributed by atoms with Crippen molar-refractivity contribution in [3.8, 4) is 0 Å². The van der Waals surface area contributed by atoms with Gasteiger partial charge in [-0.25, -0.2) is 4.98 Å². The van der Waals surface area contributed by atoms with Gasteiger partial charge in [-0.05, 0) is 13.8 Å². The number of hydrogen-bond acceptors (Lipinski definition) is 5. The zero-order valence-electron chi connectivity index (χ0n) is 10.7. The van der Waals surface area contributed by atoms with Crippen LogP contribution >= 0.6 is 0 Å². The smallest absolute Gasteiger partial charge is 0.110 e. The third-order valence-corrected chi connectivity index (χ3v) is 2.89. The summed E-state index contributed by atoms with van der Waals surface area (Å²) < 4.78 is 2.09. The zero-order chi connectivity index (χ0) is 13.0. The van der Waals surface area contributed by atoms with Crippen LogP contribution in [0.25, 0.3) is 0 Å². The normalized spacial score (nSPS) is 12.6. The van der Waals surface area contributed by atoms with Crippen LogP contribution in [0.3, 0.4) is 0 Å². The first-order valence-electron chi connectivity index (χ1n) is 5.99. The number of aromatic nitrogens is 4. The predicted octanol–water partition coefficient (Wildman–Crippen LogP) is 0.749. The molecule has 0 aromatic carbocycles. The van der Waals surface area contributed by atoms with Crippen LogP contribution < -0.4 is 11.3 Å². The highest BCUT2D eigenvalue weighted by molar-refractivity contribution is 5.09. The number of nitrogens with two attached hydrogens (primary N) is 1. The van der Waals surface area contributed by atoms with Gasteiger partial charge in [0, 0.05) is 31.6 Å². The van der Waals surface area contributed by atoms with Crippen molar-refractivity contribution in [3.63, 3.8) is 0 Å².